The standard InChI is InChI=1S/C24H32FNO3.ClH/c1-17-8-9-22(21(12-17)24(2,3)4)29-16-20(27)14-26-10-11-28-23(15-26)18-6-5-7-19(25)13-18;/h5-9,12-13,20,23,27H,10-11,14-16H2,1-4H3;1H. The predicted molar refractivity (Wildman–Crippen MR) is 120 cm³/mol. The number of nitrogens with zero attached hydrogens (tertiary/aromatic N) is 1. The van der Waals surface area contributed by atoms with Crippen molar-refractivity contribution in [2.24, 2.45) is 0 Å². The third kappa shape index (κ3) is 6.67. The molecule has 0 saturated carbocycles. The minimum atomic E-state index is -0.615. The first-order valence-electron chi connectivity index (χ1n) is 10.2. The van der Waals surface area contributed by atoms with E-state index in [1.165, 1.54) is 17.7 Å². The van der Waals surface area contributed by atoms with E-state index in [0.717, 1.165) is 23.4 Å². The Labute approximate surface area is 185 Å². The molecule has 1 fully saturated rings. The number of aliphatic hydroxyl groups excluding tert-OH is 1. The topological polar surface area (TPSA) is 41.9 Å². The molecule has 0 spiro atoms. The summed E-state index contributed by atoms with van der Waals surface area (Å²) in [6.45, 7) is 11.2. The molecule has 2 unspecified atom stereocenters. The fraction of sp³-hybridized carbons (Fsp3) is 0.500. The molecule has 0 bridgehead atoms. The number of hydrogen-bond donors (Lipinski definition) is 1. The van der Waals surface area contributed by atoms with Gasteiger partial charge in [0.25, 0.3) is 0 Å². The highest BCUT2D eigenvalue weighted by atomic mass is 35.5. The number of morpholine rings is 1. The highest BCUT2D eigenvalue weighted by Crippen LogP contribution is 2.32. The third-order valence-electron chi connectivity index (χ3n) is 5.21. The lowest BCUT2D eigenvalue weighted by Crippen LogP contribution is -2.43. The number of ether oxygens (including phenoxy) is 2. The molecule has 0 aromatic heterocycles. The van der Waals surface area contributed by atoms with E-state index in [-0.39, 0.29) is 36.4 Å². The summed E-state index contributed by atoms with van der Waals surface area (Å²) >= 11 is 0. The molecule has 1 aliphatic rings. The summed E-state index contributed by atoms with van der Waals surface area (Å²) in [7, 11) is 0. The van der Waals surface area contributed by atoms with E-state index in [1.807, 2.05) is 18.2 Å². The number of aliphatic hydroxyl groups is 1. The van der Waals surface area contributed by atoms with Crippen LogP contribution in [0.4, 0.5) is 4.39 Å². The Bertz CT molecular complexity index is 824. The molecule has 2 aromatic rings. The molecule has 2 aromatic carbocycles. The van der Waals surface area contributed by atoms with Crippen LogP contribution in [0.3, 0.4) is 0 Å². The normalized spacial score (nSPS) is 18.5. The van der Waals surface area contributed by atoms with E-state index in [0.29, 0.717) is 19.7 Å². The number of aryl methyl sites for hydroxylation is 1. The van der Waals surface area contributed by atoms with E-state index in [2.05, 4.69) is 38.7 Å². The Morgan fingerprint density at radius 2 is 2.00 bits per heavy atom. The Kier molecular flexibility index (Phi) is 8.68. The quantitative estimate of drug-likeness (QED) is 0.713. The first-order chi connectivity index (χ1) is 13.7. The van der Waals surface area contributed by atoms with Gasteiger partial charge in [0.15, 0.2) is 0 Å². The first-order valence-corrected chi connectivity index (χ1v) is 10.2. The predicted octanol–water partition coefficient (Wildman–Crippen LogP) is 4.67. The molecule has 6 heteroatoms. The molecular weight excluding hydrogens is 405 g/mol. The van der Waals surface area contributed by atoms with Crippen LogP contribution in [0.2, 0.25) is 0 Å². The van der Waals surface area contributed by atoms with Gasteiger partial charge in [-0.15, -0.1) is 12.4 Å². The molecule has 0 aliphatic carbocycles. The maximum atomic E-state index is 13.5. The van der Waals surface area contributed by atoms with Crippen molar-refractivity contribution in [2.75, 3.05) is 32.8 Å². The summed E-state index contributed by atoms with van der Waals surface area (Å²) in [5.41, 5.74) is 3.13. The largest absolute Gasteiger partial charge is 0.491 e. The van der Waals surface area contributed by atoms with Crippen molar-refractivity contribution >= 4 is 12.4 Å². The summed E-state index contributed by atoms with van der Waals surface area (Å²) < 4.78 is 25.3. The van der Waals surface area contributed by atoms with Crippen molar-refractivity contribution in [2.45, 2.75) is 45.3 Å². The van der Waals surface area contributed by atoms with Crippen LogP contribution in [0, 0.1) is 12.7 Å². The summed E-state index contributed by atoms with van der Waals surface area (Å²) in [4.78, 5) is 2.15. The Morgan fingerprint density at radius 1 is 1.23 bits per heavy atom. The highest BCUT2D eigenvalue weighted by Gasteiger charge is 2.25. The van der Waals surface area contributed by atoms with Crippen molar-refractivity contribution in [3.63, 3.8) is 0 Å². The van der Waals surface area contributed by atoms with Crippen LogP contribution in [-0.4, -0.2) is 49.0 Å². The second kappa shape index (κ2) is 10.6. The lowest BCUT2D eigenvalue weighted by Gasteiger charge is -2.34. The van der Waals surface area contributed by atoms with Gasteiger partial charge in [-0.05, 0) is 41.7 Å². The number of benzene rings is 2. The fourth-order valence-corrected chi connectivity index (χ4v) is 3.67. The van der Waals surface area contributed by atoms with Gasteiger partial charge in [-0.1, -0.05) is 50.6 Å². The lowest BCUT2D eigenvalue weighted by atomic mass is 9.85. The molecule has 30 heavy (non-hydrogen) atoms. The molecule has 1 N–H and O–H groups in total. The molecular formula is C24H33ClFNO3. The van der Waals surface area contributed by atoms with E-state index in [1.54, 1.807) is 6.07 Å². The van der Waals surface area contributed by atoms with Gasteiger partial charge in [-0.3, -0.25) is 4.90 Å². The molecule has 1 heterocycles. The minimum absolute atomic E-state index is 0. The van der Waals surface area contributed by atoms with Crippen molar-refractivity contribution in [1.29, 1.82) is 0 Å². The summed E-state index contributed by atoms with van der Waals surface area (Å²) in [5, 5.41) is 10.5. The van der Waals surface area contributed by atoms with E-state index < -0.39 is 6.10 Å². The highest BCUT2D eigenvalue weighted by molar-refractivity contribution is 5.85. The Hall–Kier alpha value is -1.66. The zero-order valence-electron chi connectivity index (χ0n) is 18.2. The van der Waals surface area contributed by atoms with Gasteiger partial charge in [0.1, 0.15) is 24.3 Å². The van der Waals surface area contributed by atoms with Gasteiger partial charge in [0, 0.05) is 19.6 Å². The molecule has 2 atom stereocenters. The van der Waals surface area contributed by atoms with Gasteiger partial charge in [-0.25, -0.2) is 4.39 Å². The maximum Gasteiger partial charge on any atom is 0.123 e. The van der Waals surface area contributed by atoms with Crippen LogP contribution in [0.5, 0.6) is 5.75 Å². The average molecular weight is 438 g/mol. The second-order valence-electron chi connectivity index (χ2n) is 8.89. The monoisotopic (exact) mass is 437 g/mol. The van der Waals surface area contributed by atoms with Crippen molar-refractivity contribution in [3.05, 3.63) is 65.0 Å². The van der Waals surface area contributed by atoms with Crippen LogP contribution < -0.4 is 4.74 Å². The van der Waals surface area contributed by atoms with Crippen molar-refractivity contribution in [1.82, 2.24) is 4.90 Å². The summed E-state index contributed by atoms with van der Waals surface area (Å²) in [6, 6.07) is 12.7. The van der Waals surface area contributed by atoms with Crippen molar-refractivity contribution in [3.8, 4) is 5.75 Å². The fourth-order valence-electron chi connectivity index (χ4n) is 3.67. The van der Waals surface area contributed by atoms with Gasteiger partial charge < -0.3 is 14.6 Å². The Balaban J connectivity index is 0.00000320. The molecule has 0 radical (unpaired) electrons. The van der Waals surface area contributed by atoms with Gasteiger partial charge >= 0.3 is 0 Å². The van der Waals surface area contributed by atoms with Crippen LogP contribution in [0.25, 0.3) is 0 Å². The summed E-state index contributed by atoms with van der Waals surface area (Å²) in [5.74, 6) is 0.561. The SMILES string of the molecule is Cc1ccc(OCC(O)CN2CCOC(c3cccc(F)c3)C2)c(C(C)(C)C)c1.Cl. The van der Waals surface area contributed by atoms with Crippen LogP contribution in [-0.2, 0) is 10.2 Å². The molecule has 0 amide bonds. The van der Waals surface area contributed by atoms with Crippen LogP contribution in [0.1, 0.15) is 43.6 Å². The van der Waals surface area contributed by atoms with Gasteiger partial charge in [-0.2, -0.15) is 0 Å². The maximum absolute atomic E-state index is 13.5. The average Bonchev–Trinajstić information content (AvgIpc) is 2.66. The molecule has 1 saturated heterocycles. The third-order valence-corrected chi connectivity index (χ3v) is 5.21. The Morgan fingerprint density at radius 3 is 2.70 bits per heavy atom. The molecule has 4 nitrogen and oxygen atoms in total. The second-order valence-corrected chi connectivity index (χ2v) is 8.89. The van der Waals surface area contributed by atoms with Crippen LogP contribution >= 0.6 is 12.4 Å². The van der Waals surface area contributed by atoms with E-state index >= 15 is 0 Å². The molecule has 1 aliphatic heterocycles. The smallest absolute Gasteiger partial charge is 0.123 e. The summed E-state index contributed by atoms with van der Waals surface area (Å²) in [6.07, 6.45) is -0.799. The number of halogens is 2. The number of β-amino-alcohol motifs (C(OH)–C–C–N with tert-alkyl or cyclic N) is 1. The minimum Gasteiger partial charge on any atom is -0.491 e. The first kappa shape index (κ1) is 24.6. The molecule has 166 valence electrons. The van der Waals surface area contributed by atoms with Gasteiger partial charge in [0.2, 0.25) is 0 Å². The zero-order chi connectivity index (χ0) is 21.0. The lowest BCUT2D eigenvalue weighted by molar-refractivity contribution is -0.0461. The number of rotatable bonds is 6. The van der Waals surface area contributed by atoms with Crippen LogP contribution in [0.15, 0.2) is 42.5 Å². The number of hydrogen-bond acceptors (Lipinski definition) is 4. The zero-order valence-corrected chi connectivity index (χ0v) is 19.0. The van der Waals surface area contributed by atoms with E-state index in [4.69, 9.17) is 9.47 Å². The molecule has 3 rings (SSSR count). The van der Waals surface area contributed by atoms with E-state index in [9.17, 15) is 9.50 Å². The van der Waals surface area contributed by atoms with Gasteiger partial charge in [0.05, 0.1) is 12.7 Å². The van der Waals surface area contributed by atoms with Crippen molar-refractivity contribution < 1.29 is 19.0 Å².